The van der Waals surface area contributed by atoms with Crippen LogP contribution in [0.1, 0.15) is 18.1 Å². The van der Waals surface area contributed by atoms with Crippen molar-refractivity contribution in [3.8, 4) is 0 Å². The van der Waals surface area contributed by atoms with Crippen molar-refractivity contribution in [3.63, 3.8) is 0 Å². The Bertz CT molecular complexity index is 493. The summed E-state index contributed by atoms with van der Waals surface area (Å²) < 4.78 is 0. The van der Waals surface area contributed by atoms with Crippen molar-refractivity contribution in [2.24, 2.45) is 0 Å². The van der Waals surface area contributed by atoms with Crippen LogP contribution in [0.25, 0.3) is 5.57 Å². The van der Waals surface area contributed by atoms with E-state index in [1.54, 1.807) is 0 Å². The molecule has 0 saturated heterocycles. The Morgan fingerprint density at radius 1 is 0.875 bits per heavy atom. The van der Waals surface area contributed by atoms with Gasteiger partial charge in [0, 0.05) is 0 Å². The highest BCUT2D eigenvalue weighted by Gasteiger charge is 2.07. The van der Waals surface area contributed by atoms with Crippen LogP contribution in [0.15, 0.2) is 66.3 Å². The molecule has 0 fully saturated rings. The Morgan fingerprint density at radius 3 is 2.19 bits per heavy atom. The molecule has 1 aliphatic carbocycles. The molecule has 1 aliphatic rings. The SMILES string of the molecule is C=C1C(C)=CC=CC=C1c1ccc(C)cc1. The highest BCUT2D eigenvalue weighted by molar-refractivity contribution is 5.84. The van der Waals surface area contributed by atoms with Gasteiger partial charge in [0.25, 0.3) is 0 Å². The number of hydrogen-bond acceptors (Lipinski definition) is 0. The standard InChI is InChI=1S/C16H16/c1-12-8-10-15(11-9-12)16-7-5-4-6-13(2)14(16)3/h4-11H,3H2,1-2H3. The van der Waals surface area contributed by atoms with E-state index in [0.717, 1.165) is 5.57 Å². The molecule has 0 atom stereocenters. The first-order valence-electron chi connectivity index (χ1n) is 5.50. The van der Waals surface area contributed by atoms with Gasteiger partial charge in [0.2, 0.25) is 0 Å². The zero-order chi connectivity index (χ0) is 11.5. The molecule has 1 aromatic carbocycles. The van der Waals surface area contributed by atoms with Crippen molar-refractivity contribution in [2.45, 2.75) is 13.8 Å². The molecule has 0 nitrogen and oxygen atoms in total. The first kappa shape index (κ1) is 10.7. The van der Waals surface area contributed by atoms with Crippen molar-refractivity contribution in [2.75, 3.05) is 0 Å². The maximum Gasteiger partial charge on any atom is -0.0115 e. The third-order valence-corrected chi connectivity index (χ3v) is 2.88. The molecule has 0 saturated carbocycles. The Kier molecular flexibility index (Phi) is 2.91. The van der Waals surface area contributed by atoms with Crippen LogP contribution in [0.5, 0.6) is 0 Å². The number of aryl methyl sites for hydroxylation is 1. The second kappa shape index (κ2) is 4.36. The van der Waals surface area contributed by atoms with Crippen LogP contribution in [0.2, 0.25) is 0 Å². The lowest BCUT2D eigenvalue weighted by atomic mass is 9.94. The van der Waals surface area contributed by atoms with Crippen LogP contribution in [-0.2, 0) is 0 Å². The summed E-state index contributed by atoms with van der Waals surface area (Å²) >= 11 is 0. The summed E-state index contributed by atoms with van der Waals surface area (Å²) in [4.78, 5) is 0. The lowest BCUT2D eigenvalue weighted by molar-refractivity contribution is 1.42. The lowest BCUT2D eigenvalue weighted by Crippen LogP contribution is -1.90. The zero-order valence-corrected chi connectivity index (χ0v) is 9.83. The zero-order valence-electron chi connectivity index (χ0n) is 9.83. The van der Waals surface area contributed by atoms with Gasteiger partial charge >= 0.3 is 0 Å². The molecule has 0 spiro atoms. The molecule has 1 aromatic rings. The van der Waals surface area contributed by atoms with Gasteiger partial charge in [0.1, 0.15) is 0 Å². The number of hydrogen-bond donors (Lipinski definition) is 0. The van der Waals surface area contributed by atoms with Gasteiger partial charge in [-0.3, -0.25) is 0 Å². The van der Waals surface area contributed by atoms with Gasteiger partial charge in [-0.15, -0.1) is 0 Å². The highest BCUT2D eigenvalue weighted by atomic mass is 14.1. The van der Waals surface area contributed by atoms with E-state index < -0.39 is 0 Å². The fourth-order valence-corrected chi connectivity index (χ4v) is 1.77. The van der Waals surface area contributed by atoms with Crippen LogP contribution in [0, 0.1) is 6.92 Å². The van der Waals surface area contributed by atoms with Crippen LogP contribution < -0.4 is 0 Å². The molecule has 0 radical (unpaired) electrons. The molecule has 80 valence electrons. The summed E-state index contributed by atoms with van der Waals surface area (Å²) in [7, 11) is 0. The number of rotatable bonds is 1. The molecule has 0 heteroatoms. The highest BCUT2D eigenvalue weighted by Crippen LogP contribution is 2.28. The number of benzene rings is 1. The summed E-state index contributed by atoms with van der Waals surface area (Å²) in [5.74, 6) is 0. The van der Waals surface area contributed by atoms with E-state index in [2.05, 4.69) is 69.0 Å². The summed E-state index contributed by atoms with van der Waals surface area (Å²) in [5, 5.41) is 0. The average Bonchev–Trinajstić information content (AvgIpc) is 2.44. The topological polar surface area (TPSA) is 0 Å². The molecule has 0 aliphatic heterocycles. The minimum Gasteiger partial charge on any atom is -0.0909 e. The van der Waals surface area contributed by atoms with Crippen LogP contribution in [-0.4, -0.2) is 0 Å². The van der Waals surface area contributed by atoms with E-state index in [-0.39, 0.29) is 0 Å². The minimum atomic E-state index is 1.11. The maximum atomic E-state index is 4.16. The van der Waals surface area contributed by atoms with Crippen molar-refractivity contribution in [3.05, 3.63) is 77.4 Å². The average molecular weight is 208 g/mol. The van der Waals surface area contributed by atoms with E-state index in [1.165, 1.54) is 22.3 Å². The molecule has 16 heavy (non-hydrogen) atoms. The Balaban J connectivity index is 2.44. The summed E-state index contributed by atoms with van der Waals surface area (Å²) in [6.45, 7) is 8.36. The molecular weight excluding hydrogens is 192 g/mol. The van der Waals surface area contributed by atoms with Crippen molar-refractivity contribution < 1.29 is 0 Å². The molecule has 0 bridgehead atoms. The van der Waals surface area contributed by atoms with Crippen LogP contribution >= 0.6 is 0 Å². The van der Waals surface area contributed by atoms with Gasteiger partial charge in [0.15, 0.2) is 0 Å². The van der Waals surface area contributed by atoms with Crippen molar-refractivity contribution in [1.29, 1.82) is 0 Å². The molecule has 0 unspecified atom stereocenters. The van der Waals surface area contributed by atoms with E-state index in [9.17, 15) is 0 Å². The van der Waals surface area contributed by atoms with Gasteiger partial charge in [-0.2, -0.15) is 0 Å². The predicted molar refractivity (Wildman–Crippen MR) is 71.2 cm³/mol. The maximum absolute atomic E-state index is 4.16. The second-order valence-corrected chi connectivity index (χ2v) is 4.16. The van der Waals surface area contributed by atoms with E-state index in [4.69, 9.17) is 0 Å². The molecular formula is C16H16. The fraction of sp³-hybridized carbons (Fsp3) is 0.125. The fourth-order valence-electron chi connectivity index (χ4n) is 1.77. The van der Waals surface area contributed by atoms with Crippen LogP contribution in [0.4, 0.5) is 0 Å². The van der Waals surface area contributed by atoms with Gasteiger partial charge in [0.05, 0.1) is 0 Å². The Hall–Kier alpha value is -1.82. The second-order valence-electron chi connectivity index (χ2n) is 4.16. The first-order valence-corrected chi connectivity index (χ1v) is 5.50. The minimum absolute atomic E-state index is 1.11. The monoisotopic (exact) mass is 208 g/mol. The predicted octanol–water partition coefficient (Wildman–Crippen LogP) is 4.45. The van der Waals surface area contributed by atoms with Gasteiger partial charge in [-0.05, 0) is 36.1 Å². The van der Waals surface area contributed by atoms with Gasteiger partial charge in [-0.25, -0.2) is 0 Å². The quantitative estimate of drug-likeness (QED) is 0.639. The largest absolute Gasteiger partial charge is 0.0909 e. The third-order valence-electron chi connectivity index (χ3n) is 2.88. The summed E-state index contributed by atoms with van der Waals surface area (Å²) in [6, 6.07) is 8.58. The van der Waals surface area contributed by atoms with Crippen molar-refractivity contribution in [1.82, 2.24) is 0 Å². The Labute approximate surface area is 97.3 Å². The van der Waals surface area contributed by atoms with Crippen molar-refractivity contribution >= 4 is 5.57 Å². The van der Waals surface area contributed by atoms with E-state index in [1.807, 2.05) is 0 Å². The molecule has 2 rings (SSSR count). The molecule has 0 heterocycles. The lowest BCUT2D eigenvalue weighted by Gasteiger charge is -2.10. The molecule has 0 amide bonds. The molecule has 0 N–H and O–H groups in total. The molecule has 0 aromatic heterocycles. The van der Waals surface area contributed by atoms with Gasteiger partial charge < -0.3 is 0 Å². The van der Waals surface area contributed by atoms with Crippen LogP contribution in [0.3, 0.4) is 0 Å². The third kappa shape index (κ3) is 2.06. The number of allylic oxidation sites excluding steroid dienone is 7. The van der Waals surface area contributed by atoms with E-state index >= 15 is 0 Å². The first-order chi connectivity index (χ1) is 7.68. The summed E-state index contributed by atoms with van der Waals surface area (Å²) in [5.41, 5.74) is 6.05. The summed E-state index contributed by atoms with van der Waals surface area (Å²) in [6.07, 6.45) is 8.35. The van der Waals surface area contributed by atoms with E-state index in [0.29, 0.717) is 0 Å². The smallest absolute Gasteiger partial charge is 0.0115 e. The normalized spacial score (nSPS) is 15.5. The Morgan fingerprint density at radius 2 is 1.50 bits per heavy atom. The van der Waals surface area contributed by atoms with Gasteiger partial charge in [-0.1, -0.05) is 60.7 Å².